The Morgan fingerprint density at radius 1 is 1.12 bits per heavy atom. The van der Waals surface area contributed by atoms with Crippen LogP contribution in [0.3, 0.4) is 0 Å². The van der Waals surface area contributed by atoms with Crippen LogP contribution in [0.15, 0.2) is 42.5 Å². The number of hydrogen-bond acceptors (Lipinski definition) is 4. The van der Waals surface area contributed by atoms with Crippen LogP contribution in [0.5, 0.6) is 17.2 Å². The molecule has 138 valence electrons. The molecule has 5 heteroatoms. The molecule has 1 amide bonds. The molecule has 0 aliphatic carbocycles. The van der Waals surface area contributed by atoms with Gasteiger partial charge in [0.1, 0.15) is 17.2 Å². The minimum atomic E-state index is -0.00752. The van der Waals surface area contributed by atoms with Crippen LogP contribution in [0, 0.1) is 6.92 Å². The van der Waals surface area contributed by atoms with E-state index in [0.717, 1.165) is 47.8 Å². The van der Waals surface area contributed by atoms with Gasteiger partial charge < -0.3 is 19.1 Å². The van der Waals surface area contributed by atoms with Crippen molar-refractivity contribution >= 4 is 5.91 Å². The topological polar surface area (TPSA) is 48.0 Å². The van der Waals surface area contributed by atoms with Gasteiger partial charge in [0.2, 0.25) is 0 Å². The molecule has 1 aliphatic rings. The summed E-state index contributed by atoms with van der Waals surface area (Å²) < 4.78 is 16.5. The second kappa shape index (κ2) is 8.13. The van der Waals surface area contributed by atoms with Gasteiger partial charge in [-0.2, -0.15) is 0 Å². The number of rotatable bonds is 6. The largest absolute Gasteiger partial charge is 0.497 e. The van der Waals surface area contributed by atoms with E-state index in [4.69, 9.17) is 14.2 Å². The standard InChI is InChI=1S/C21H25NO4/c1-15-6-4-7-17(12-15)26-14-21(23)22-11-5-8-19(22)18-10-9-16(24-2)13-20(18)25-3/h4,6-7,9-10,12-13,19H,5,8,11,14H2,1-3H3/t19-/m0/s1. The summed E-state index contributed by atoms with van der Waals surface area (Å²) in [6, 6.07) is 13.5. The van der Waals surface area contributed by atoms with E-state index in [1.165, 1.54) is 0 Å². The molecule has 0 radical (unpaired) electrons. The lowest BCUT2D eigenvalue weighted by atomic mass is 10.0. The lowest BCUT2D eigenvalue weighted by molar-refractivity contribution is -0.134. The lowest BCUT2D eigenvalue weighted by Crippen LogP contribution is -2.34. The van der Waals surface area contributed by atoms with Gasteiger partial charge >= 0.3 is 0 Å². The van der Waals surface area contributed by atoms with Gasteiger partial charge in [0.15, 0.2) is 6.61 Å². The van der Waals surface area contributed by atoms with Crippen molar-refractivity contribution < 1.29 is 19.0 Å². The van der Waals surface area contributed by atoms with Crippen LogP contribution >= 0.6 is 0 Å². The first-order valence-electron chi connectivity index (χ1n) is 8.83. The van der Waals surface area contributed by atoms with Crippen molar-refractivity contribution in [3.8, 4) is 17.2 Å². The first-order chi connectivity index (χ1) is 12.6. The zero-order valence-electron chi connectivity index (χ0n) is 15.5. The fourth-order valence-corrected chi connectivity index (χ4v) is 3.42. The predicted molar refractivity (Wildman–Crippen MR) is 99.9 cm³/mol. The number of hydrogen-bond donors (Lipinski definition) is 0. The van der Waals surface area contributed by atoms with Gasteiger partial charge in [-0.1, -0.05) is 12.1 Å². The molecule has 2 aromatic carbocycles. The summed E-state index contributed by atoms with van der Waals surface area (Å²) >= 11 is 0. The number of aryl methyl sites for hydroxylation is 1. The molecule has 1 aliphatic heterocycles. The third-order valence-corrected chi connectivity index (χ3v) is 4.72. The van der Waals surface area contributed by atoms with E-state index in [0.29, 0.717) is 0 Å². The molecule has 0 unspecified atom stereocenters. The molecular formula is C21H25NO4. The number of benzene rings is 2. The number of nitrogens with zero attached hydrogens (tertiary/aromatic N) is 1. The molecule has 1 heterocycles. The van der Waals surface area contributed by atoms with Crippen LogP contribution in [0.25, 0.3) is 0 Å². The van der Waals surface area contributed by atoms with Gasteiger partial charge in [-0.05, 0) is 49.6 Å². The first kappa shape index (κ1) is 18.1. The van der Waals surface area contributed by atoms with E-state index in [1.54, 1.807) is 14.2 Å². The van der Waals surface area contributed by atoms with Crippen molar-refractivity contribution in [3.63, 3.8) is 0 Å². The maximum absolute atomic E-state index is 12.7. The molecule has 2 aromatic rings. The Labute approximate surface area is 154 Å². The molecule has 0 N–H and O–H groups in total. The summed E-state index contributed by atoms with van der Waals surface area (Å²) in [5.74, 6) is 2.20. The van der Waals surface area contributed by atoms with Crippen molar-refractivity contribution in [2.45, 2.75) is 25.8 Å². The Morgan fingerprint density at radius 2 is 1.96 bits per heavy atom. The SMILES string of the molecule is COc1ccc([C@@H]2CCCN2C(=O)COc2cccc(C)c2)c(OC)c1. The summed E-state index contributed by atoms with van der Waals surface area (Å²) in [4.78, 5) is 14.6. The second-order valence-corrected chi connectivity index (χ2v) is 6.46. The van der Waals surface area contributed by atoms with Gasteiger partial charge in [0.05, 0.1) is 20.3 Å². The van der Waals surface area contributed by atoms with Crippen molar-refractivity contribution in [2.24, 2.45) is 0 Å². The molecule has 5 nitrogen and oxygen atoms in total. The maximum atomic E-state index is 12.7. The summed E-state index contributed by atoms with van der Waals surface area (Å²) in [7, 11) is 3.27. The molecule has 1 atom stereocenters. The van der Waals surface area contributed by atoms with Gasteiger partial charge in [-0.25, -0.2) is 0 Å². The van der Waals surface area contributed by atoms with Crippen molar-refractivity contribution in [3.05, 3.63) is 53.6 Å². The van der Waals surface area contributed by atoms with Gasteiger partial charge in [0, 0.05) is 18.2 Å². The summed E-state index contributed by atoms with van der Waals surface area (Å²) in [6.45, 7) is 2.77. The highest BCUT2D eigenvalue weighted by atomic mass is 16.5. The second-order valence-electron chi connectivity index (χ2n) is 6.46. The Morgan fingerprint density at radius 3 is 2.69 bits per heavy atom. The average molecular weight is 355 g/mol. The van der Waals surface area contributed by atoms with Crippen LogP contribution in [0.1, 0.15) is 30.0 Å². The smallest absolute Gasteiger partial charge is 0.261 e. The zero-order chi connectivity index (χ0) is 18.5. The Hall–Kier alpha value is -2.69. The van der Waals surface area contributed by atoms with E-state index in [-0.39, 0.29) is 18.6 Å². The summed E-state index contributed by atoms with van der Waals surface area (Å²) in [5.41, 5.74) is 2.12. The fourth-order valence-electron chi connectivity index (χ4n) is 3.42. The number of carbonyl (C=O) groups excluding carboxylic acids is 1. The van der Waals surface area contributed by atoms with Crippen LogP contribution in [-0.4, -0.2) is 38.2 Å². The molecular weight excluding hydrogens is 330 g/mol. The van der Waals surface area contributed by atoms with Crippen molar-refractivity contribution in [2.75, 3.05) is 27.4 Å². The Bertz CT molecular complexity index is 774. The van der Waals surface area contributed by atoms with Crippen LogP contribution in [0.4, 0.5) is 0 Å². The van der Waals surface area contributed by atoms with Crippen molar-refractivity contribution in [1.29, 1.82) is 0 Å². The highest BCUT2D eigenvalue weighted by Crippen LogP contribution is 2.38. The quantitative estimate of drug-likeness (QED) is 0.792. The number of ether oxygens (including phenoxy) is 3. The van der Waals surface area contributed by atoms with Crippen LogP contribution < -0.4 is 14.2 Å². The molecule has 0 bridgehead atoms. The minimum Gasteiger partial charge on any atom is -0.497 e. The van der Waals surface area contributed by atoms with E-state index in [1.807, 2.05) is 54.3 Å². The highest BCUT2D eigenvalue weighted by Gasteiger charge is 2.32. The number of likely N-dealkylation sites (tertiary alicyclic amines) is 1. The number of amides is 1. The van der Waals surface area contributed by atoms with Gasteiger partial charge in [-0.15, -0.1) is 0 Å². The highest BCUT2D eigenvalue weighted by molar-refractivity contribution is 5.78. The molecule has 1 fully saturated rings. The maximum Gasteiger partial charge on any atom is 0.261 e. The fraction of sp³-hybridized carbons (Fsp3) is 0.381. The van der Waals surface area contributed by atoms with Crippen LogP contribution in [-0.2, 0) is 4.79 Å². The Kier molecular flexibility index (Phi) is 5.66. The van der Waals surface area contributed by atoms with Gasteiger partial charge in [0.25, 0.3) is 5.91 Å². The van der Waals surface area contributed by atoms with Gasteiger partial charge in [-0.3, -0.25) is 4.79 Å². The molecule has 1 saturated heterocycles. The monoisotopic (exact) mass is 355 g/mol. The molecule has 3 rings (SSSR count). The molecule has 0 aromatic heterocycles. The van der Waals surface area contributed by atoms with E-state index in [2.05, 4.69) is 0 Å². The molecule has 26 heavy (non-hydrogen) atoms. The number of carbonyl (C=O) groups is 1. The van der Waals surface area contributed by atoms with Crippen molar-refractivity contribution in [1.82, 2.24) is 4.90 Å². The third kappa shape index (κ3) is 3.93. The van der Waals surface area contributed by atoms with Crippen LogP contribution in [0.2, 0.25) is 0 Å². The minimum absolute atomic E-state index is 0.00413. The Balaban J connectivity index is 1.72. The summed E-state index contributed by atoms with van der Waals surface area (Å²) in [6.07, 6.45) is 1.88. The van der Waals surface area contributed by atoms with E-state index >= 15 is 0 Å². The van der Waals surface area contributed by atoms with E-state index < -0.39 is 0 Å². The molecule has 0 spiro atoms. The predicted octanol–water partition coefficient (Wildman–Crippen LogP) is 3.75. The summed E-state index contributed by atoms with van der Waals surface area (Å²) in [5, 5.41) is 0. The normalized spacial score (nSPS) is 16.4. The van der Waals surface area contributed by atoms with E-state index in [9.17, 15) is 4.79 Å². The first-order valence-corrected chi connectivity index (χ1v) is 8.83. The molecule has 0 saturated carbocycles. The average Bonchev–Trinajstić information content (AvgIpc) is 3.15. The third-order valence-electron chi connectivity index (χ3n) is 4.72. The lowest BCUT2D eigenvalue weighted by Gasteiger charge is -2.26. The number of methoxy groups -OCH3 is 2. The zero-order valence-corrected chi connectivity index (χ0v) is 15.5.